The van der Waals surface area contributed by atoms with Crippen LogP contribution in [0.4, 0.5) is 17.1 Å². The molecule has 0 spiro atoms. The van der Waals surface area contributed by atoms with Crippen LogP contribution in [0.2, 0.25) is 0 Å². The topological polar surface area (TPSA) is 3.24 Å². The Morgan fingerprint density at radius 3 is 1.73 bits per heavy atom. The number of fused-ring (bicyclic) bond motifs is 4. The van der Waals surface area contributed by atoms with Crippen molar-refractivity contribution in [2.24, 2.45) is 11.8 Å². The van der Waals surface area contributed by atoms with Crippen molar-refractivity contribution in [3.05, 3.63) is 235 Å². The molecule has 1 saturated carbocycles. The van der Waals surface area contributed by atoms with E-state index in [-0.39, 0.29) is 5.41 Å². The Morgan fingerprint density at radius 1 is 0.485 bits per heavy atom. The predicted octanol–water partition coefficient (Wildman–Crippen LogP) is 18.2. The number of nitrogens with zero attached hydrogens (tertiary/aromatic N) is 1. The molecule has 0 radical (unpaired) electrons. The molecule has 1 fully saturated rings. The molecule has 2 unspecified atom stereocenters. The summed E-state index contributed by atoms with van der Waals surface area (Å²) in [6.07, 6.45) is 6.09. The van der Waals surface area contributed by atoms with Crippen molar-refractivity contribution in [1.29, 1.82) is 0 Å². The SMILES string of the molecule is C=C1CC(C)CC(CCc2ccc(-c3ccc(N(c4ccc(-c5cccc6cccc(-c7ccccc7)c56)cc4)c4cccc(-c5cccc6c5-c5ccccc5C6(C)C)c4)cc3)cc2)C1. The molecule has 0 aliphatic heterocycles. The fourth-order valence-electron chi connectivity index (χ4n) is 11.5. The molecular weight excluding hydrogens is 795 g/mol. The van der Waals surface area contributed by atoms with Crippen molar-refractivity contribution in [2.45, 2.75) is 58.3 Å². The predicted molar refractivity (Wildman–Crippen MR) is 282 cm³/mol. The minimum absolute atomic E-state index is 0.0644. The quantitative estimate of drug-likeness (QED) is 0.124. The molecule has 66 heavy (non-hydrogen) atoms. The highest BCUT2D eigenvalue weighted by Crippen LogP contribution is 2.52. The summed E-state index contributed by atoms with van der Waals surface area (Å²) in [6.45, 7) is 11.4. The zero-order chi connectivity index (χ0) is 44.8. The normalized spacial score (nSPS) is 16.2. The maximum Gasteiger partial charge on any atom is 0.0467 e. The zero-order valence-electron chi connectivity index (χ0n) is 38.5. The number of anilines is 3. The van der Waals surface area contributed by atoms with E-state index in [4.69, 9.17) is 0 Å². The summed E-state index contributed by atoms with van der Waals surface area (Å²) in [5.74, 6) is 1.52. The van der Waals surface area contributed by atoms with Crippen LogP contribution in [0.15, 0.2) is 218 Å². The van der Waals surface area contributed by atoms with Crippen LogP contribution in [0.3, 0.4) is 0 Å². The second kappa shape index (κ2) is 17.3. The van der Waals surface area contributed by atoms with Crippen LogP contribution in [0.1, 0.15) is 63.1 Å². The lowest BCUT2D eigenvalue weighted by atomic mass is 9.77. The first-order valence-corrected chi connectivity index (χ1v) is 24.0. The van der Waals surface area contributed by atoms with Crippen molar-refractivity contribution in [3.63, 3.8) is 0 Å². The van der Waals surface area contributed by atoms with Gasteiger partial charge in [-0.3, -0.25) is 0 Å². The molecule has 322 valence electrons. The Bertz CT molecular complexity index is 3200. The molecule has 0 heterocycles. The Hall–Kier alpha value is -7.22. The lowest BCUT2D eigenvalue weighted by Crippen LogP contribution is -2.15. The van der Waals surface area contributed by atoms with E-state index in [2.05, 4.69) is 239 Å². The lowest BCUT2D eigenvalue weighted by molar-refractivity contribution is 0.321. The average Bonchev–Trinajstić information content (AvgIpc) is 3.59. The van der Waals surface area contributed by atoms with Gasteiger partial charge in [0.15, 0.2) is 0 Å². The maximum absolute atomic E-state index is 4.34. The van der Waals surface area contributed by atoms with Gasteiger partial charge in [-0.1, -0.05) is 203 Å². The third kappa shape index (κ3) is 7.77. The third-order valence-electron chi connectivity index (χ3n) is 14.7. The molecule has 0 aromatic heterocycles. The van der Waals surface area contributed by atoms with Crippen molar-refractivity contribution in [2.75, 3.05) is 4.90 Å². The molecule has 0 amide bonds. The molecule has 0 saturated heterocycles. The molecule has 11 rings (SSSR count). The monoisotopic (exact) mass is 851 g/mol. The number of hydrogen-bond donors (Lipinski definition) is 0. The van der Waals surface area contributed by atoms with Gasteiger partial charge >= 0.3 is 0 Å². The van der Waals surface area contributed by atoms with E-state index in [0.717, 1.165) is 35.3 Å². The van der Waals surface area contributed by atoms with Crippen molar-refractivity contribution >= 4 is 27.8 Å². The van der Waals surface area contributed by atoms with E-state index in [9.17, 15) is 0 Å². The molecule has 1 nitrogen and oxygen atoms in total. The second-order valence-electron chi connectivity index (χ2n) is 19.6. The first-order valence-electron chi connectivity index (χ1n) is 24.0. The van der Waals surface area contributed by atoms with Gasteiger partial charge in [0.2, 0.25) is 0 Å². The van der Waals surface area contributed by atoms with Crippen molar-refractivity contribution < 1.29 is 0 Å². The smallest absolute Gasteiger partial charge is 0.0467 e. The molecule has 9 aromatic rings. The van der Waals surface area contributed by atoms with Gasteiger partial charge in [-0.15, -0.1) is 0 Å². The molecule has 0 N–H and O–H groups in total. The summed E-state index contributed by atoms with van der Waals surface area (Å²) >= 11 is 0. The fraction of sp³-hybridized carbons (Fsp3) is 0.169. The van der Waals surface area contributed by atoms with Crippen LogP contribution < -0.4 is 4.90 Å². The van der Waals surface area contributed by atoms with E-state index < -0.39 is 0 Å². The zero-order valence-corrected chi connectivity index (χ0v) is 38.5. The van der Waals surface area contributed by atoms with E-state index in [0.29, 0.717) is 0 Å². The van der Waals surface area contributed by atoms with E-state index >= 15 is 0 Å². The summed E-state index contributed by atoms with van der Waals surface area (Å²) in [6, 6.07) is 76.6. The summed E-state index contributed by atoms with van der Waals surface area (Å²) in [5.41, 5.74) is 21.5. The molecule has 1 heteroatoms. The van der Waals surface area contributed by atoms with Crippen molar-refractivity contribution in [1.82, 2.24) is 0 Å². The van der Waals surface area contributed by atoms with Gasteiger partial charge in [-0.25, -0.2) is 0 Å². The molecule has 2 aliphatic carbocycles. The summed E-state index contributed by atoms with van der Waals surface area (Å²) in [5, 5.41) is 2.52. The van der Waals surface area contributed by atoms with Crippen LogP contribution in [0.5, 0.6) is 0 Å². The number of rotatable bonds is 10. The van der Waals surface area contributed by atoms with Gasteiger partial charge in [0.05, 0.1) is 0 Å². The van der Waals surface area contributed by atoms with E-state index in [1.54, 1.807) is 0 Å². The standard InChI is InChI=1S/C65H57N/c1-44-40-45(2)42-47(41-44)27-26-46-28-30-48(31-29-46)49-32-36-54(37-33-49)66(56-19-10-18-53(43-56)59-23-13-25-62-64(59)60-20-8-9-24-61(60)65(62,3)4)55-38-34-51(35-39-55)58-22-12-17-52-16-11-21-57(63(52)58)50-14-6-5-7-15-50/h5-25,28-39,43,45,47H,1,26-27,40-42H2,2-4H3. The summed E-state index contributed by atoms with van der Waals surface area (Å²) in [7, 11) is 0. The van der Waals surface area contributed by atoms with Gasteiger partial charge < -0.3 is 4.90 Å². The molecule has 2 aliphatic rings. The van der Waals surface area contributed by atoms with Crippen LogP contribution >= 0.6 is 0 Å². The lowest BCUT2D eigenvalue weighted by Gasteiger charge is -2.28. The average molecular weight is 852 g/mol. The number of benzene rings is 9. The van der Waals surface area contributed by atoms with Gasteiger partial charge in [0, 0.05) is 22.5 Å². The van der Waals surface area contributed by atoms with Crippen LogP contribution in [-0.2, 0) is 11.8 Å². The second-order valence-corrected chi connectivity index (χ2v) is 19.6. The minimum atomic E-state index is -0.0644. The largest absolute Gasteiger partial charge is 0.310 e. The first kappa shape index (κ1) is 41.5. The third-order valence-corrected chi connectivity index (χ3v) is 14.7. The Morgan fingerprint density at radius 2 is 1.03 bits per heavy atom. The maximum atomic E-state index is 4.34. The highest BCUT2D eigenvalue weighted by Gasteiger charge is 2.36. The highest BCUT2D eigenvalue weighted by molar-refractivity contribution is 6.06. The van der Waals surface area contributed by atoms with Gasteiger partial charge in [0.1, 0.15) is 0 Å². The van der Waals surface area contributed by atoms with E-state index in [1.807, 2.05) is 0 Å². The van der Waals surface area contributed by atoms with Gasteiger partial charge in [0.25, 0.3) is 0 Å². The van der Waals surface area contributed by atoms with Crippen LogP contribution in [0.25, 0.3) is 66.4 Å². The number of aryl methyl sites for hydroxylation is 1. The fourth-order valence-corrected chi connectivity index (χ4v) is 11.5. The molecule has 2 atom stereocenters. The Kier molecular flexibility index (Phi) is 10.9. The van der Waals surface area contributed by atoms with Gasteiger partial charge in [-0.05, 0) is 163 Å². The Labute approximate surface area is 391 Å². The molecule has 9 aromatic carbocycles. The minimum Gasteiger partial charge on any atom is -0.310 e. The van der Waals surface area contributed by atoms with Gasteiger partial charge in [-0.2, -0.15) is 0 Å². The first-order chi connectivity index (χ1) is 32.3. The molecular formula is C65H57N. The summed E-state index contributed by atoms with van der Waals surface area (Å²) in [4.78, 5) is 2.42. The van der Waals surface area contributed by atoms with Crippen LogP contribution in [0, 0.1) is 11.8 Å². The Balaban J connectivity index is 0.959. The highest BCUT2D eigenvalue weighted by atomic mass is 15.1. The number of hydrogen-bond acceptors (Lipinski definition) is 1. The molecule has 0 bridgehead atoms. The number of allylic oxidation sites excluding steroid dienone is 1. The van der Waals surface area contributed by atoms with Crippen LogP contribution in [-0.4, -0.2) is 0 Å². The van der Waals surface area contributed by atoms with Crippen molar-refractivity contribution in [3.8, 4) is 55.6 Å². The summed E-state index contributed by atoms with van der Waals surface area (Å²) < 4.78 is 0. The van der Waals surface area contributed by atoms with E-state index in [1.165, 1.54) is 114 Å².